The largest absolute Gasteiger partial charge is 0.760 e. The molecule has 0 amide bonds. The van der Waals surface area contributed by atoms with Crippen LogP contribution in [0.5, 0.6) is 5.75 Å². The molecule has 2 aromatic carbocycles. The lowest BCUT2D eigenvalue weighted by Crippen LogP contribution is -2.24. The van der Waals surface area contributed by atoms with Gasteiger partial charge in [-0.25, -0.2) is 4.72 Å². The van der Waals surface area contributed by atoms with Gasteiger partial charge in [-0.1, -0.05) is 36.4 Å². The predicted octanol–water partition coefficient (Wildman–Crippen LogP) is 2.27. The molecule has 3 rings (SSSR count). The third-order valence-corrected chi connectivity index (χ3v) is 4.82. The van der Waals surface area contributed by atoms with Gasteiger partial charge in [0.05, 0.1) is 0 Å². The Bertz CT molecular complexity index is 709. The van der Waals surface area contributed by atoms with E-state index in [1.54, 1.807) is 0 Å². The van der Waals surface area contributed by atoms with Crippen LogP contribution < -0.4 is 14.8 Å². The first-order valence-electron chi connectivity index (χ1n) is 8.58. The summed E-state index contributed by atoms with van der Waals surface area (Å²) in [6.07, 6.45) is 3.12. The monoisotopic (exact) mass is 359 g/mol. The molecule has 2 N–H and O–H groups in total. The van der Waals surface area contributed by atoms with Crippen molar-refractivity contribution in [3.63, 3.8) is 0 Å². The third kappa shape index (κ3) is 5.37. The number of ether oxygens (including phenoxy) is 1. The molecule has 0 fully saturated rings. The van der Waals surface area contributed by atoms with Gasteiger partial charge in [0.1, 0.15) is 12.4 Å². The van der Waals surface area contributed by atoms with Crippen LogP contribution in [0.4, 0.5) is 0 Å². The molecule has 0 aliphatic carbocycles. The second-order valence-electron chi connectivity index (χ2n) is 6.14. The molecule has 0 saturated carbocycles. The van der Waals surface area contributed by atoms with Gasteiger partial charge in [0.2, 0.25) is 0 Å². The lowest BCUT2D eigenvalue weighted by atomic mass is 9.94. The Labute approximate surface area is 151 Å². The Hall–Kier alpha value is -1.73. The summed E-state index contributed by atoms with van der Waals surface area (Å²) in [5, 5.41) is 3.65. The minimum absolute atomic E-state index is 0.260. The van der Waals surface area contributed by atoms with E-state index in [4.69, 9.17) is 4.74 Å². The van der Waals surface area contributed by atoms with Gasteiger partial charge >= 0.3 is 0 Å². The second kappa shape index (κ2) is 9.10. The van der Waals surface area contributed by atoms with Crippen LogP contribution in [-0.4, -0.2) is 28.5 Å². The van der Waals surface area contributed by atoms with Gasteiger partial charge in [0.15, 0.2) is 0 Å². The minimum Gasteiger partial charge on any atom is -0.760 e. The van der Waals surface area contributed by atoms with E-state index >= 15 is 0 Å². The summed E-state index contributed by atoms with van der Waals surface area (Å²) >= 11 is -2.25. The van der Waals surface area contributed by atoms with E-state index in [-0.39, 0.29) is 12.6 Å². The number of hydrogen-bond donors (Lipinski definition) is 2. The molecule has 134 valence electrons. The highest BCUT2D eigenvalue weighted by molar-refractivity contribution is 7.77. The average Bonchev–Trinajstić information content (AvgIpc) is 2.82. The Morgan fingerprint density at radius 3 is 2.88 bits per heavy atom. The van der Waals surface area contributed by atoms with Gasteiger partial charge in [-0.2, -0.15) is 0 Å². The number of rotatable bonds is 7. The van der Waals surface area contributed by atoms with Crippen molar-refractivity contribution in [3.8, 4) is 5.75 Å². The molecule has 1 heterocycles. The third-order valence-electron chi connectivity index (χ3n) is 4.38. The number of hydrogen-bond acceptors (Lipinski definition) is 4. The van der Waals surface area contributed by atoms with Crippen LogP contribution in [0, 0.1) is 0 Å². The normalized spacial score (nSPS) is 18.2. The number of benzene rings is 2. The first-order chi connectivity index (χ1) is 12.2. The molecule has 2 unspecified atom stereocenters. The summed E-state index contributed by atoms with van der Waals surface area (Å²) in [4.78, 5) is 0. The summed E-state index contributed by atoms with van der Waals surface area (Å²) in [6, 6.07) is 16.9. The lowest BCUT2D eigenvalue weighted by molar-refractivity contribution is 0.321. The Kier molecular flexibility index (Phi) is 6.58. The molecule has 6 heteroatoms. The highest BCUT2D eigenvalue weighted by atomic mass is 32.2. The van der Waals surface area contributed by atoms with Crippen molar-refractivity contribution in [1.29, 1.82) is 0 Å². The average molecular weight is 359 g/mol. The zero-order valence-electron chi connectivity index (χ0n) is 14.1. The van der Waals surface area contributed by atoms with Crippen molar-refractivity contribution < 1.29 is 13.5 Å². The fourth-order valence-corrected chi connectivity index (χ4v) is 3.46. The van der Waals surface area contributed by atoms with Gasteiger partial charge in [0, 0.05) is 23.9 Å². The van der Waals surface area contributed by atoms with Crippen molar-refractivity contribution in [2.45, 2.75) is 25.3 Å². The van der Waals surface area contributed by atoms with Crippen LogP contribution in [0.3, 0.4) is 0 Å². The minimum atomic E-state index is -2.25. The summed E-state index contributed by atoms with van der Waals surface area (Å²) in [6.45, 7) is 1.57. The van der Waals surface area contributed by atoms with Gasteiger partial charge in [0.25, 0.3) is 0 Å². The molecular weight excluding hydrogens is 336 g/mol. The fraction of sp³-hybridized carbons (Fsp3) is 0.368. The first kappa shape index (κ1) is 18.1. The number of nitrogens with one attached hydrogen (secondary N) is 2. The predicted molar refractivity (Wildman–Crippen MR) is 98.1 cm³/mol. The molecule has 2 aromatic rings. The highest BCUT2D eigenvalue weighted by Gasteiger charge is 2.19. The maximum absolute atomic E-state index is 10.5. The van der Waals surface area contributed by atoms with Crippen LogP contribution in [-0.2, 0) is 24.1 Å². The van der Waals surface area contributed by atoms with Crippen LogP contribution in [0.1, 0.15) is 29.2 Å². The fourth-order valence-electron chi connectivity index (χ4n) is 3.21. The molecule has 5 nitrogen and oxygen atoms in total. The standard InChI is InChI=1S/C19H24N2O3S/c22-25(23)21-11-12-24-17-9-8-16-7-4-10-20-19(18(16)14-17)13-15-5-2-1-3-6-15/h1-3,5-6,8-9,14,19-21H,4,7,10-13H2,(H,22,23)/p-1. The van der Waals surface area contributed by atoms with Crippen molar-refractivity contribution in [1.82, 2.24) is 10.0 Å². The molecule has 0 aromatic heterocycles. The molecule has 1 aliphatic heterocycles. The van der Waals surface area contributed by atoms with E-state index in [0.29, 0.717) is 6.61 Å². The Balaban J connectivity index is 1.72. The van der Waals surface area contributed by atoms with Gasteiger partial charge < -0.3 is 14.6 Å². The van der Waals surface area contributed by atoms with Crippen molar-refractivity contribution >= 4 is 11.3 Å². The lowest BCUT2D eigenvalue weighted by Gasteiger charge is -2.20. The summed E-state index contributed by atoms with van der Waals surface area (Å²) in [7, 11) is 0. The summed E-state index contributed by atoms with van der Waals surface area (Å²) in [5.41, 5.74) is 3.94. The quantitative estimate of drug-likeness (QED) is 0.587. The van der Waals surface area contributed by atoms with Crippen molar-refractivity contribution in [3.05, 3.63) is 65.2 Å². The zero-order valence-corrected chi connectivity index (χ0v) is 14.9. The molecule has 2 atom stereocenters. The molecule has 0 bridgehead atoms. The first-order valence-corrected chi connectivity index (χ1v) is 9.65. The topological polar surface area (TPSA) is 73.4 Å². The Morgan fingerprint density at radius 2 is 2.08 bits per heavy atom. The molecule has 0 spiro atoms. The van der Waals surface area contributed by atoms with E-state index in [9.17, 15) is 8.76 Å². The molecule has 1 aliphatic rings. The van der Waals surface area contributed by atoms with Crippen LogP contribution in [0.15, 0.2) is 48.5 Å². The smallest absolute Gasteiger partial charge is 0.119 e. The second-order valence-corrected chi connectivity index (χ2v) is 6.90. The van der Waals surface area contributed by atoms with Gasteiger partial charge in [-0.05, 0) is 54.6 Å². The van der Waals surface area contributed by atoms with Crippen LogP contribution >= 0.6 is 0 Å². The maximum atomic E-state index is 10.5. The summed E-state index contributed by atoms with van der Waals surface area (Å²) in [5.74, 6) is 0.777. The van der Waals surface area contributed by atoms with Crippen LogP contribution in [0.25, 0.3) is 0 Å². The van der Waals surface area contributed by atoms with E-state index in [2.05, 4.69) is 46.4 Å². The van der Waals surface area contributed by atoms with E-state index < -0.39 is 11.3 Å². The van der Waals surface area contributed by atoms with Gasteiger partial charge in [-0.15, -0.1) is 0 Å². The SMILES string of the molecule is O=S([O-])NCCOc1ccc2c(c1)C(Cc1ccccc1)NCCC2. The molecule has 0 radical (unpaired) electrons. The number of aryl methyl sites for hydroxylation is 1. The number of fused-ring (bicyclic) bond motifs is 1. The van der Waals surface area contributed by atoms with E-state index in [0.717, 1.165) is 31.6 Å². The van der Waals surface area contributed by atoms with Crippen molar-refractivity contribution in [2.75, 3.05) is 19.7 Å². The van der Waals surface area contributed by atoms with Gasteiger partial charge in [-0.3, -0.25) is 4.21 Å². The van der Waals surface area contributed by atoms with E-state index in [1.807, 2.05) is 12.1 Å². The maximum Gasteiger partial charge on any atom is 0.119 e. The molecule has 0 saturated heterocycles. The molecule has 25 heavy (non-hydrogen) atoms. The highest BCUT2D eigenvalue weighted by Crippen LogP contribution is 2.29. The van der Waals surface area contributed by atoms with Crippen LogP contribution in [0.2, 0.25) is 0 Å². The summed E-state index contributed by atoms with van der Waals surface area (Å²) < 4.78 is 29.0. The van der Waals surface area contributed by atoms with Crippen molar-refractivity contribution in [2.24, 2.45) is 0 Å². The zero-order chi connectivity index (χ0) is 17.5. The molecular formula is C19H23N2O3S-. The Morgan fingerprint density at radius 1 is 1.24 bits per heavy atom. The van der Waals surface area contributed by atoms with E-state index in [1.165, 1.54) is 16.7 Å².